The minimum absolute atomic E-state index is 0.0386. The Morgan fingerprint density at radius 1 is 1.62 bits per heavy atom. The van der Waals surface area contributed by atoms with Crippen LogP contribution in [-0.4, -0.2) is 17.4 Å². The molecule has 1 aliphatic carbocycles. The first kappa shape index (κ1) is 10.9. The SMILES string of the molecule is Nc1nccc(C(=O)NCCC2CC2)c1F. The molecule has 1 aromatic rings. The van der Waals surface area contributed by atoms with Gasteiger partial charge < -0.3 is 11.1 Å². The van der Waals surface area contributed by atoms with E-state index in [1.54, 1.807) is 0 Å². The first-order valence-electron chi connectivity index (χ1n) is 5.36. The molecule has 0 aromatic carbocycles. The lowest BCUT2D eigenvalue weighted by Gasteiger charge is -2.06. The molecule has 0 spiro atoms. The lowest BCUT2D eigenvalue weighted by molar-refractivity contribution is 0.0948. The molecule has 1 aromatic heterocycles. The largest absolute Gasteiger partial charge is 0.381 e. The average molecular weight is 223 g/mol. The summed E-state index contributed by atoms with van der Waals surface area (Å²) in [6, 6.07) is 1.33. The van der Waals surface area contributed by atoms with Gasteiger partial charge in [-0.2, -0.15) is 0 Å². The van der Waals surface area contributed by atoms with E-state index in [0.29, 0.717) is 6.54 Å². The van der Waals surface area contributed by atoms with Gasteiger partial charge >= 0.3 is 0 Å². The number of amides is 1. The van der Waals surface area contributed by atoms with Crippen LogP contribution in [0.5, 0.6) is 0 Å². The van der Waals surface area contributed by atoms with E-state index in [0.717, 1.165) is 12.3 Å². The number of pyridine rings is 1. The van der Waals surface area contributed by atoms with Gasteiger partial charge in [0, 0.05) is 12.7 Å². The number of carbonyl (C=O) groups excluding carboxylic acids is 1. The Labute approximate surface area is 93.1 Å². The van der Waals surface area contributed by atoms with Crippen molar-refractivity contribution in [1.82, 2.24) is 10.3 Å². The van der Waals surface area contributed by atoms with E-state index < -0.39 is 11.7 Å². The van der Waals surface area contributed by atoms with Crippen LogP contribution in [0.1, 0.15) is 29.6 Å². The molecular formula is C11H14FN3O. The fourth-order valence-electron chi connectivity index (χ4n) is 1.53. The van der Waals surface area contributed by atoms with E-state index in [2.05, 4.69) is 10.3 Å². The van der Waals surface area contributed by atoms with Crippen LogP contribution < -0.4 is 11.1 Å². The number of hydrogen-bond acceptors (Lipinski definition) is 3. The number of hydrogen-bond donors (Lipinski definition) is 2. The molecule has 0 atom stereocenters. The molecule has 0 aliphatic heterocycles. The number of aromatic nitrogens is 1. The predicted octanol–water partition coefficient (Wildman–Crippen LogP) is 1.33. The molecule has 1 fully saturated rings. The first-order chi connectivity index (χ1) is 7.68. The molecular weight excluding hydrogens is 209 g/mol. The highest BCUT2D eigenvalue weighted by Crippen LogP contribution is 2.31. The molecule has 0 saturated heterocycles. The standard InChI is InChI=1S/C11H14FN3O/c12-9-8(4-6-14-10(9)13)11(16)15-5-3-7-1-2-7/h4,6-7H,1-3,5H2,(H2,13,14)(H,15,16). The minimum Gasteiger partial charge on any atom is -0.381 e. The van der Waals surface area contributed by atoms with Crippen molar-refractivity contribution in [3.05, 3.63) is 23.6 Å². The highest BCUT2D eigenvalue weighted by atomic mass is 19.1. The molecule has 1 heterocycles. The highest BCUT2D eigenvalue weighted by molar-refractivity contribution is 5.95. The topological polar surface area (TPSA) is 68.0 Å². The molecule has 1 aliphatic rings. The molecule has 0 bridgehead atoms. The lowest BCUT2D eigenvalue weighted by Crippen LogP contribution is -2.26. The number of nitrogens with zero attached hydrogens (tertiary/aromatic N) is 1. The van der Waals surface area contributed by atoms with E-state index in [1.165, 1.54) is 25.1 Å². The fourth-order valence-corrected chi connectivity index (χ4v) is 1.53. The Hall–Kier alpha value is -1.65. The maximum absolute atomic E-state index is 13.4. The predicted molar refractivity (Wildman–Crippen MR) is 58.3 cm³/mol. The van der Waals surface area contributed by atoms with Crippen molar-refractivity contribution >= 4 is 11.7 Å². The van der Waals surface area contributed by atoms with E-state index in [9.17, 15) is 9.18 Å². The molecule has 5 heteroatoms. The molecule has 4 nitrogen and oxygen atoms in total. The molecule has 86 valence electrons. The van der Waals surface area contributed by atoms with Crippen LogP contribution in [0.4, 0.5) is 10.2 Å². The van der Waals surface area contributed by atoms with Crippen LogP contribution in [0.25, 0.3) is 0 Å². The molecule has 1 amide bonds. The van der Waals surface area contributed by atoms with E-state index in [4.69, 9.17) is 5.73 Å². The molecule has 16 heavy (non-hydrogen) atoms. The van der Waals surface area contributed by atoms with Gasteiger partial charge in [-0.15, -0.1) is 0 Å². The van der Waals surface area contributed by atoms with Gasteiger partial charge in [0.25, 0.3) is 5.91 Å². The van der Waals surface area contributed by atoms with Crippen molar-refractivity contribution in [3.63, 3.8) is 0 Å². The van der Waals surface area contributed by atoms with Gasteiger partial charge in [0.15, 0.2) is 11.6 Å². The maximum atomic E-state index is 13.4. The summed E-state index contributed by atoms with van der Waals surface area (Å²) >= 11 is 0. The second-order valence-corrected chi connectivity index (χ2v) is 4.05. The Kier molecular flexibility index (Phi) is 3.03. The van der Waals surface area contributed by atoms with E-state index in [-0.39, 0.29) is 11.4 Å². The number of nitrogens with two attached hydrogens (primary N) is 1. The monoisotopic (exact) mass is 223 g/mol. The van der Waals surface area contributed by atoms with Gasteiger partial charge in [0.1, 0.15) is 0 Å². The second-order valence-electron chi connectivity index (χ2n) is 4.05. The summed E-state index contributed by atoms with van der Waals surface area (Å²) in [5, 5.41) is 2.68. The number of nitrogen functional groups attached to an aromatic ring is 1. The first-order valence-corrected chi connectivity index (χ1v) is 5.36. The zero-order chi connectivity index (χ0) is 11.5. The van der Waals surface area contributed by atoms with Crippen molar-refractivity contribution < 1.29 is 9.18 Å². The van der Waals surface area contributed by atoms with Crippen LogP contribution in [0.15, 0.2) is 12.3 Å². The number of carbonyl (C=O) groups is 1. The number of rotatable bonds is 4. The molecule has 1 saturated carbocycles. The zero-order valence-corrected chi connectivity index (χ0v) is 8.87. The molecule has 3 N–H and O–H groups in total. The normalized spacial score (nSPS) is 14.8. The summed E-state index contributed by atoms with van der Waals surface area (Å²) in [5.41, 5.74) is 5.24. The van der Waals surface area contributed by atoms with Gasteiger partial charge in [0.05, 0.1) is 5.56 Å². The van der Waals surface area contributed by atoms with Gasteiger partial charge in [-0.1, -0.05) is 12.8 Å². The maximum Gasteiger partial charge on any atom is 0.254 e. The summed E-state index contributed by atoms with van der Waals surface area (Å²) in [4.78, 5) is 15.1. The average Bonchev–Trinajstić information content (AvgIpc) is 3.06. The number of anilines is 1. The lowest BCUT2D eigenvalue weighted by atomic mass is 10.2. The summed E-state index contributed by atoms with van der Waals surface area (Å²) in [6.07, 6.45) is 4.78. The summed E-state index contributed by atoms with van der Waals surface area (Å²) in [6.45, 7) is 0.588. The third kappa shape index (κ3) is 2.48. The van der Waals surface area contributed by atoms with Crippen LogP contribution in [0.3, 0.4) is 0 Å². The van der Waals surface area contributed by atoms with Crippen LogP contribution in [-0.2, 0) is 0 Å². The third-order valence-corrected chi connectivity index (χ3v) is 2.70. The van der Waals surface area contributed by atoms with Gasteiger partial charge in [-0.05, 0) is 18.4 Å². The quantitative estimate of drug-likeness (QED) is 0.809. The van der Waals surface area contributed by atoms with Crippen molar-refractivity contribution in [2.75, 3.05) is 12.3 Å². The van der Waals surface area contributed by atoms with Gasteiger partial charge in [0.2, 0.25) is 0 Å². The van der Waals surface area contributed by atoms with E-state index >= 15 is 0 Å². The van der Waals surface area contributed by atoms with Crippen LogP contribution in [0.2, 0.25) is 0 Å². The smallest absolute Gasteiger partial charge is 0.254 e. The van der Waals surface area contributed by atoms with Crippen molar-refractivity contribution in [1.29, 1.82) is 0 Å². The molecule has 0 radical (unpaired) electrons. The molecule has 0 unspecified atom stereocenters. The zero-order valence-electron chi connectivity index (χ0n) is 8.87. The van der Waals surface area contributed by atoms with Crippen LogP contribution >= 0.6 is 0 Å². The summed E-state index contributed by atoms with van der Waals surface area (Å²) < 4.78 is 13.4. The number of halogens is 1. The van der Waals surface area contributed by atoms with Crippen LogP contribution in [0, 0.1) is 11.7 Å². The van der Waals surface area contributed by atoms with Gasteiger partial charge in [-0.25, -0.2) is 9.37 Å². The van der Waals surface area contributed by atoms with Crippen molar-refractivity contribution in [3.8, 4) is 0 Å². The van der Waals surface area contributed by atoms with Crippen molar-refractivity contribution in [2.24, 2.45) is 5.92 Å². The third-order valence-electron chi connectivity index (χ3n) is 2.70. The van der Waals surface area contributed by atoms with E-state index in [1.807, 2.05) is 0 Å². The Morgan fingerprint density at radius 3 is 3.06 bits per heavy atom. The number of nitrogens with one attached hydrogen (secondary N) is 1. The second kappa shape index (κ2) is 4.47. The Morgan fingerprint density at radius 2 is 2.38 bits per heavy atom. The molecule has 2 rings (SSSR count). The Bertz CT molecular complexity index is 404. The highest BCUT2D eigenvalue weighted by Gasteiger charge is 2.21. The summed E-state index contributed by atoms with van der Waals surface area (Å²) in [7, 11) is 0. The fraction of sp³-hybridized carbons (Fsp3) is 0.455. The Balaban J connectivity index is 1.93. The summed E-state index contributed by atoms with van der Waals surface area (Å²) in [5.74, 6) is -0.666. The van der Waals surface area contributed by atoms with Crippen molar-refractivity contribution in [2.45, 2.75) is 19.3 Å². The minimum atomic E-state index is -0.744. The van der Waals surface area contributed by atoms with Gasteiger partial charge in [-0.3, -0.25) is 4.79 Å².